The monoisotopic (exact) mass is 587 g/mol. The van der Waals surface area contributed by atoms with E-state index in [9.17, 15) is 0 Å². The third-order valence-corrected chi connectivity index (χ3v) is 18.3. The second-order valence-electron chi connectivity index (χ2n) is 12.2. The van der Waals surface area contributed by atoms with Gasteiger partial charge in [-0.15, -0.1) is 0 Å². The van der Waals surface area contributed by atoms with Gasteiger partial charge >= 0.3 is 0 Å². The van der Waals surface area contributed by atoms with Crippen LogP contribution in [0.15, 0.2) is 152 Å². The van der Waals surface area contributed by atoms with Crippen LogP contribution in [0, 0.1) is 5.92 Å². The van der Waals surface area contributed by atoms with Crippen LogP contribution in [0.2, 0.25) is 5.04 Å². The van der Waals surface area contributed by atoms with Gasteiger partial charge in [0.15, 0.2) is 0 Å². The zero-order chi connectivity index (χ0) is 29.5. The zero-order valence-electron chi connectivity index (χ0n) is 25.5. The van der Waals surface area contributed by atoms with Gasteiger partial charge in [0.25, 0.3) is 8.32 Å². The van der Waals surface area contributed by atoms with Crippen LogP contribution in [0.5, 0.6) is 0 Å². The first-order chi connectivity index (χ1) is 20.4. The van der Waals surface area contributed by atoms with Crippen molar-refractivity contribution in [3.05, 3.63) is 152 Å². The molecule has 0 saturated heterocycles. The number of hydrogen-bond acceptors (Lipinski definition) is 1. The molecular weight excluding hydrogens is 543 g/mol. The lowest BCUT2D eigenvalue weighted by atomic mass is 10.1. The largest absolute Gasteiger partial charge is 0.407 e. The second-order valence-corrected chi connectivity index (χ2v) is 20.1. The van der Waals surface area contributed by atoms with Crippen LogP contribution in [0.3, 0.4) is 0 Å². The minimum atomic E-state index is -2.63. The lowest BCUT2D eigenvalue weighted by molar-refractivity contribution is 0.244. The van der Waals surface area contributed by atoms with Crippen molar-refractivity contribution in [2.45, 2.75) is 39.2 Å². The Kier molecular flexibility index (Phi) is 9.59. The van der Waals surface area contributed by atoms with Crippen molar-refractivity contribution in [3.63, 3.8) is 0 Å². The molecule has 0 fully saturated rings. The number of rotatable bonds is 11. The smallest absolute Gasteiger partial charge is 0.261 e. The molecule has 0 aliphatic heterocycles. The Bertz CT molecular complexity index is 1360. The van der Waals surface area contributed by atoms with Crippen molar-refractivity contribution in [1.82, 2.24) is 0 Å². The van der Waals surface area contributed by atoms with E-state index in [1.807, 2.05) is 0 Å². The van der Waals surface area contributed by atoms with Crippen molar-refractivity contribution in [3.8, 4) is 0 Å². The van der Waals surface area contributed by atoms with Gasteiger partial charge in [-0.2, -0.15) is 0 Å². The van der Waals surface area contributed by atoms with Gasteiger partial charge < -0.3 is 4.43 Å². The van der Waals surface area contributed by atoms with Gasteiger partial charge in [-0.1, -0.05) is 143 Å². The Labute approximate surface area is 255 Å². The van der Waals surface area contributed by atoms with Crippen molar-refractivity contribution >= 4 is 41.9 Å². The van der Waals surface area contributed by atoms with E-state index >= 15 is 0 Å². The molecule has 5 aromatic carbocycles. The van der Waals surface area contributed by atoms with Crippen molar-refractivity contribution in [2.75, 3.05) is 12.8 Å². The summed E-state index contributed by atoms with van der Waals surface area (Å²) >= 11 is 0. The SMILES string of the molecule is CC[C@@H](CO[Si](c1ccccc1)(c1ccccc1)C(C)(C)C)C[P+](c1ccccc1)(c1ccccc1)c1ccccc1. The van der Waals surface area contributed by atoms with E-state index in [4.69, 9.17) is 4.43 Å². The molecule has 0 amide bonds. The first kappa shape index (κ1) is 30.2. The molecule has 5 rings (SSSR count). The minimum absolute atomic E-state index is 0.0431. The summed E-state index contributed by atoms with van der Waals surface area (Å²) < 4.78 is 7.53. The van der Waals surface area contributed by atoms with Gasteiger partial charge in [0.2, 0.25) is 0 Å². The minimum Gasteiger partial charge on any atom is -0.407 e. The highest BCUT2D eigenvalue weighted by Gasteiger charge is 2.52. The van der Waals surface area contributed by atoms with Gasteiger partial charge in [0.05, 0.1) is 6.16 Å². The molecule has 0 spiro atoms. The Morgan fingerprint density at radius 2 is 0.881 bits per heavy atom. The summed E-state index contributed by atoms with van der Waals surface area (Å²) in [6.07, 6.45) is 2.13. The normalized spacial score (nSPS) is 13.0. The summed E-state index contributed by atoms with van der Waals surface area (Å²) in [4.78, 5) is 0. The fourth-order valence-corrected chi connectivity index (χ4v) is 15.9. The molecule has 3 heteroatoms. The summed E-state index contributed by atoms with van der Waals surface area (Å²) in [5, 5.41) is 6.95. The summed E-state index contributed by atoms with van der Waals surface area (Å²) in [6, 6.07) is 55.8. The van der Waals surface area contributed by atoms with Crippen molar-refractivity contribution in [1.29, 1.82) is 0 Å². The third kappa shape index (κ3) is 5.95. The highest BCUT2D eigenvalue weighted by Crippen LogP contribution is 2.57. The first-order valence-electron chi connectivity index (χ1n) is 15.2. The fourth-order valence-electron chi connectivity index (χ4n) is 6.50. The van der Waals surface area contributed by atoms with E-state index < -0.39 is 15.6 Å². The van der Waals surface area contributed by atoms with Gasteiger partial charge in [-0.25, -0.2) is 0 Å². The molecule has 1 atom stereocenters. The summed E-state index contributed by atoms with van der Waals surface area (Å²) in [5.41, 5.74) is 0. The summed E-state index contributed by atoms with van der Waals surface area (Å²) in [5.74, 6) is 0.389. The predicted molar refractivity (Wildman–Crippen MR) is 187 cm³/mol. The first-order valence-corrected chi connectivity index (χ1v) is 19.1. The lowest BCUT2D eigenvalue weighted by Gasteiger charge is -2.44. The fraction of sp³-hybridized carbons (Fsp3) is 0.231. The molecule has 1 nitrogen and oxygen atoms in total. The van der Waals surface area contributed by atoms with Crippen LogP contribution in [0.25, 0.3) is 0 Å². The average Bonchev–Trinajstić information content (AvgIpc) is 3.04. The van der Waals surface area contributed by atoms with Crippen LogP contribution in [-0.4, -0.2) is 21.1 Å². The number of benzene rings is 5. The van der Waals surface area contributed by atoms with Gasteiger partial charge in [0, 0.05) is 12.5 Å². The van der Waals surface area contributed by atoms with Crippen molar-refractivity contribution in [2.24, 2.45) is 5.92 Å². The third-order valence-electron chi connectivity index (χ3n) is 8.65. The molecule has 0 N–H and O–H groups in total. The van der Waals surface area contributed by atoms with Crippen LogP contribution in [0.4, 0.5) is 0 Å². The van der Waals surface area contributed by atoms with Crippen molar-refractivity contribution < 1.29 is 4.43 Å². The molecule has 0 heterocycles. The molecule has 0 radical (unpaired) electrons. The average molecular weight is 588 g/mol. The zero-order valence-corrected chi connectivity index (χ0v) is 27.4. The summed E-state index contributed by atoms with van der Waals surface area (Å²) in [6.45, 7) is 10.2. The molecular formula is C39H44OPSi+. The highest BCUT2D eigenvalue weighted by molar-refractivity contribution is 7.95. The highest BCUT2D eigenvalue weighted by atomic mass is 31.2. The maximum Gasteiger partial charge on any atom is 0.261 e. The van der Waals surface area contributed by atoms with Crippen LogP contribution < -0.4 is 26.3 Å². The van der Waals surface area contributed by atoms with Crippen LogP contribution in [0.1, 0.15) is 34.1 Å². The topological polar surface area (TPSA) is 9.23 Å². The molecule has 5 aromatic rings. The standard InChI is InChI=1S/C39H44OPSi/c1-5-33(31-40-42(39(2,3)4,37-27-17-9-18-28-37)38-29-19-10-20-30-38)32-41(34-21-11-6-12-22-34,35-23-13-7-14-24-35)36-25-15-8-16-26-36/h6-30,33H,5,31-32H2,1-4H3/q+1/t33-/m0/s1. The molecule has 0 aliphatic rings. The molecule has 0 saturated carbocycles. The lowest BCUT2D eigenvalue weighted by Crippen LogP contribution is -2.67. The molecule has 0 aliphatic carbocycles. The summed E-state index contributed by atoms with van der Waals surface area (Å²) in [7, 11) is -4.59. The van der Waals surface area contributed by atoms with E-state index in [1.165, 1.54) is 26.3 Å². The maximum absolute atomic E-state index is 7.53. The molecule has 0 unspecified atom stereocenters. The Balaban J connectivity index is 1.61. The van der Waals surface area contributed by atoms with Gasteiger partial charge in [-0.05, 0) is 58.2 Å². The van der Waals surface area contributed by atoms with Crippen LogP contribution in [-0.2, 0) is 4.43 Å². The van der Waals surface area contributed by atoms with E-state index in [0.717, 1.165) is 19.2 Å². The van der Waals surface area contributed by atoms with E-state index in [-0.39, 0.29) is 5.04 Å². The van der Waals surface area contributed by atoms with E-state index in [0.29, 0.717) is 5.92 Å². The van der Waals surface area contributed by atoms with Crippen LogP contribution >= 0.6 is 7.26 Å². The molecule has 214 valence electrons. The maximum atomic E-state index is 7.53. The predicted octanol–water partition coefficient (Wildman–Crippen LogP) is 7.58. The number of hydrogen-bond donors (Lipinski definition) is 0. The second kappa shape index (κ2) is 13.3. The van der Waals surface area contributed by atoms with Gasteiger partial charge in [0.1, 0.15) is 23.2 Å². The Hall–Kier alpha value is -3.29. The van der Waals surface area contributed by atoms with Gasteiger partial charge in [-0.3, -0.25) is 0 Å². The molecule has 0 bridgehead atoms. The Morgan fingerprint density at radius 1 is 0.548 bits per heavy atom. The molecule has 0 aromatic heterocycles. The van der Waals surface area contributed by atoms with E-state index in [1.54, 1.807) is 0 Å². The quantitative estimate of drug-likeness (QED) is 0.114. The molecule has 42 heavy (non-hydrogen) atoms. The Morgan fingerprint density at radius 3 is 1.19 bits per heavy atom. The van der Waals surface area contributed by atoms with E-state index in [2.05, 4.69) is 179 Å².